The lowest BCUT2D eigenvalue weighted by Gasteiger charge is -2.02. The van der Waals surface area contributed by atoms with Crippen molar-refractivity contribution in [2.24, 2.45) is 0 Å². The fraction of sp³-hybridized carbons (Fsp3) is 0.0833. The average molecular weight is 243 g/mol. The smallest absolute Gasteiger partial charge is 0.156 e. The van der Waals surface area contributed by atoms with E-state index in [1.54, 1.807) is 12.4 Å². The fourth-order valence-corrected chi connectivity index (χ4v) is 2.34. The Morgan fingerprint density at radius 2 is 1.94 bits per heavy atom. The number of rotatable bonds is 3. The van der Waals surface area contributed by atoms with Gasteiger partial charge in [-0.15, -0.1) is 0 Å². The molecule has 0 spiro atoms. The molecule has 0 amide bonds. The summed E-state index contributed by atoms with van der Waals surface area (Å²) in [6.45, 7) is 0.442. The van der Waals surface area contributed by atoms with Crippen molar-refractivity contribution in [2.45, 2.75) is 6.61 Å². The summed E-state index contributed by atoms with van der Waals surface area (Å²) in [5.41, 5.74) is 0.953. The molecule has 0 N–H and O–H groups in total. The standard InChI is InChI=1S/C12H9N3OS/c1-2-4-12-10(3-1)11(15-17-12)7-16-9-5-13-8-14-6-9/h1-6,8H,7H2. The molecule has 0 unspecified atom stereocenters. The van der Waals surface area contributed by atoms with E-state index in [9.17, 15) is 0 Å². The predicted molar refractivity (Wildman–Crippen MR) is 66.0 cm³/mol. The molecule has 0 aliphatic carbocycles. The van der Waals surface area contributed by atoms with Crippen LogP contribution in [-0.4, -0.2) is 14.3 Å². The average Bonchev–Trinajstić information content (AvgIpc) is 2.81. The van der Waals surface area contributed by atoms with Crippen molar-refractivity contribution < 1.29 is 4.74 Å². The van der Waals surface area contributed by atoms with Crippen molar-refractivity contribution >= 4 is 21.6 Å². The van der Waals surface area contributed by atoms with E-state index in [0.717, 1.165) is 11.1 Å². The maximum Gasteiger partial charge on any atom is 0.156 e. The summed E-state index contributed by atoms with van der Waals surface area (Å²) in [5, 5.41) is 1.15. The number of benzene rings is 1. The van der Waals surface area contributed by atoms with Crippen molar-refractivity contribution in [3.63, 3.8) is 0 Å². The van der Waals surface area contributed by atoms with Crippen LogP contribution in [0.25, 0.3) is 10.1 Å². The van der Waals surface area contributed by atoms with Gasteiger partial charge in [0.2, 0.25) is 0 Å². The van der Waals surface area contributed by atoms with Gasteiger partial charge in [-0.1, -0.05) is 18.2 Å². The molecular formula is C12H9N3OS. The van der Waals surface area contributed by atoms with Gasteiger partial charge in [0.25, 0.3) is 0 Å². The Hall–Kier alpha value is -2.01. The third kappa shape index (κ3) is 2.09. The Kier molecular flexibility index (Phi) is 2.67. The molecule has 0 saturated carbocycles. The number of hydrogen-bond donors (Lipinski definition) is 0. The minimum atomic E-state index is 0.442. The molecule has 3 aromatic rings. The molecule has 17 heavy (non-hydrogen) atoms. The van der Waals surface area contributed by atoms with Gasteiger partial charge in [-0.2, -0.15) is 4.37 Å². The molecule has 0 radical (unpaired) electrons. The van der Waals surface area contributed by atoms with Crippen LogP contribution >= 0.6 is 11.5 Å². The van der Waals surface area contributed by atoms with Gasteiger partial charge in [0.15, 0.2) is 5.75 Å². The van der Waals surface area contributed by atoms with E-state index >= 15 is 0 Å². The molecule has 0 saturated heterocycles. The Morgan fingerprint density at radius 1 is 1.12 bits per heavy atom. The first-order valence-electron chi connectivity index (χ1n) is 5.14. The van der Waals surface area contributed by atoms with Gasteiger partial charge in [-0.25, -0.2) is 9.97 Å². The Bertz CT molecular complexity index is 624. The van der Waals surface area contributed by atoms with Crippen LogP contribution in [0.5, 0.6) is 5.75 Å². The molecule has 0 aliphatic rings. The predicted octanol–water partition coefficient (Wildman–Crippen LogP) is 2.67. The van der Waals surface area contributed by atoms with Crippen molar-refractivity contribution in [3.8, 4) is 5.75 Å². The molecule has 0 atom stereocenters. The van der Waals surface area contributed by atoms with Crippen LogP contribution in [0.15, 0.2) is 43.0 Å². The van der Waals surface area contributed by atoms with Crippen LogP contribution in [0.4, 0.5) is 0 Å². The molecule has 84 valence electrons. The Balaban J connectivity index is 1.82. The normalized spacial score (nSPS) is 10.6. The second-order valence-electron chi connectivity index (χ2n) is 3.49. The molecule has 4 nitrogen and oxygen atoms in total. The van der Waals surface area contributed by atoms with E-state index in [2.05, 4.69) is 26.5 Å². The van der Waals surface area contributed by atoms with Gasteiger partial charge in [0.1, 0.15) is 12.9 Å². The van der Waals surface area contributed by atoms with Crippen LogP contribution in [0.1, 0.15) is 5.69 Å². The summed E-state index contributed by atoms with van der Waals surface area (Å²) >= 11 is 1.49. The molecule has 0 aliphatic heterocycles. The van der Waals surface area contributed by atoms with E-state index in [1.165, 1.54) is 22.6 Å². The Morgan fingerprint density at radius 3 is 2.82 bits per heavy atom. The number of ether oxygens (including phenoxy) is 1. The molecule has 2 heterocycles. The first-order chi connectivity index (χ1) is 8.43. The first kappa shape index (κ1) is 10.2. The molecule has 0 fully saturated rings. The van der Waals surface area contributed by atoms with Gasteiger partial charge < -0.3 is 4.74 Å². The zero-order valence-corrected chi connectivity index (χ0v) is 9.72. The molecule has 0 bridgehead atoms. The lowest BCUT2D eigenvalue weighted by atomic mass is 10.2. The maximum atomic E-state index is 5.58. The largest absolute Gasteiger partial charge is 0.484 e. The van der Waals surface area contributed by atoms with E-state index < -0.39 is 0 Å². The van der Waals surface area contributed by atoms with E-state index in [4.69, 9.17) is 4.74 Å². The SMILES string of the molecule is c1ccc2c(COc3cncnc3)nsc2c1. The van der Waals surface area contributed by atoms with E-state index in [-0.39, 0.29) is 0 Å². The highest BCUT2D eigenvalue weighted by molar-refractivity contribution is 7.13. The third-order valence-electron chi connectivity index (χ3n) is 2.36. The van der Waals surface area contributed by atoms with E-state index in [1.807, 2.05) is 12.1 Å². The summed E-state index contributed by atoms with van der Waals surface area (Å²) in [5.74, 6) is 0.657. The fourth-order valence-electron chi connectivity index (χ4n) is 1.55. The maximum absolute atomic E-state index is 5.58. The van der Waals surface area contributed by atoms with Crippen molar-refractivity contribution in [1.29, 1.82) is 0 Å². The van der Waals surface area contributed by atoms with Crippen molar-refractivity contribution in [3.05, 3.63) is 48.7 Å². The van der Waals surface area contributed by atoms with E-state index in [0.29, 0.717) is 12.4 Å². The Labute approximate surface area is 102 Å². The summed E-state index contributed by atoms with van der Waals surface area (Å²) in [6.07, 6.45) is 4.76. The molecule has 1 aromatic carbocycles. The van der Waals surface area contributed by atoms with Gasteiger partial charge in [-0.05, 0) is 17.6 Å². The summed E-state index contributed by atoms with van der Waals surface area (Å²) < 4.78 is 11.1. The number of aromatic nitrogens is 3. The highest BCUT2D eigenvalue weighted by Gasteiger charge is 2.05. The second-order valence-corrected chi connectivity index (χ2v) is 4.29. The second kappa shape index (κ2) is 4.47. The van der Waals surface area contributed by atoms with Gasteiger partial charge in [0.05, 0.1) is 22.8 Å². The summed E-state index contributed by atoms with van der Waals surface area (Å²) in [7, 11) is 0. The van der Waals surface area contributed by atoms with Crippen LogP contribution in [0.2, 0.25) is 0 Å². The highest BCUT2D eigenvalue weighted by atomic mass is 32.1. The summed E-state index contributed by atoms with van der Waals surface area (Å²) in [6, 6.07) is 8.13. The topological polar surface area (TPSA) is 47.9 Å². The molecular weight excluding hydrogens is 234 g/mol. The number of fused-ring (bicyclic) bond motifs is 1. The number of nitrogens with zero attached hydrogens (tertiary/aromatic N) is 3. The quantitative estimate of drug-likeness (QED) is 0.709. The zero-order valence-electron chi connectivity index (χ0n) is 8.91. The monoisotopic (exact) mass is 243 g/mol. The lowest BCUT2D eigenvalue weighted by Crippen LogP contribution is -1.96. The van der Waals surface area contributed by atoms with Gasteiger partial charge in [-0.3, -0.25) is 0 Å². The number of hydrogen-bond acceptors (Lipinski definition) is 5. The summed E-state index contributed by atoms with van der Waals surface area (Å²) in [4.78, 5) is 7.79. The van der Waals surface area contributed by atoms with Gasteiger partial charge in [0, 0.05) is 5.39 Å². The van der Waals surface area contributed by atoms with Crippen molar-refractivity contribution in [2.75, 3.05) is 0 Å². The van der Waals surface area contributed by atoms with Crippen LogP contribution in [0, 0.1) is 0 Å². The molecule has 2 aromatic heterocycles. The molecule has 5 heteroatoms. The third-order valence-corrected chi connectivity index (χ3v) is 3.23. The highest BCUT2D eigenvalue weighted by Crippen LogP contribution is 2.23. The minimum Gasteiger partial charge on any atom is -0.484 e. The zero-order chi connectivity index (χ0) is 11.5. The van der Waals surface area contributed by atoms with Crippen molar-refractivity contribution in [1.82, 2.24) is 14.3 Å². The van der Waals surface area contributed by atoms with Gasteiger partial charge >= 0.3 is 0 Å². The van der Waals surface area contributed by atoms with Crippen LogP contribution in [0.3, 0.4) is 0 Å². The molecule has 3 rings (SSSR count). The minimum absolute atomic E-state index is 0.442. The van der Waals surface area contributed by atoms with Crippen LogP contribution in [-0.2, 0) is 6.61 Å². The lowest BCUT2D eigenvalue weighted by molar-refractivity contribution is 0.301. The first-order valence-corrected chi connectivity index (χ1v) is 5.92. The van der Waals surface area contributed by atoms with Crippen LogP contribution < -0.4 is 4.74 Å².